The van der Waals surface area contributed by atoms with Gasteiger partial charge < -0.3 is 0 Å². The molecule has 0 spiro atoms. The Morgan fingerprint density at radius 3 is 2.75 bits per heavy atom. The van der Waals surface area contributed by atoms with Gasteiger partial charge in [-0.1, -0.05) is 0 Å². The first-order valence-electron chi connectivity index (χ1n) is 2.47. The van der Waals surface area contributed by atoms with Gasteiger partial charge >= 0.3 is 49.3 Å². The van der Waals surface area contributed by atoms with Gasteiger partial charge in [-0.15, -0.1) is 0 Å². The molecular formula is C6H5B2. The first kappa shape index (κ1) is 5.49. The van der Waals surface area contributed by atoms with Crippen molar-refractivity contribution in [3.8, 4) is 0 Å². The van der Waals surface area contributed by atoms with Gasteiger partial charge in [-0.25, -0.2) is 0 Å². The molecule has 0 amide bonds. The third-order valence-corrected chi connectivity index (χ3v) is 1.06. The van der Waals surface area contributed by atoms with Gasteiger partial charge in [0.05, 0.1) is 0 Å². The Morgan fingerprint density at radius 1 is 1.62 bits per heavy atom. The standard InChI is InChI=1S/C6H5B2/c1-5-4-8-3-2-6(5)7/h2-4H,1H2. The van der Waals surface area contributed by atoms with Crippen molar-refractivity contribution in [2.45, 2.75) is 0 Å². The van der Waals surface area contributed by atoms with Crippen molar-refractivity contribution >= 4 is 21.0 Å². The van der Waals surface area contributed by atoms with Crippen LogP contribution in [0, 0.1) is 5.11 Å². The van der Waals surface area contributed by atoms with E-state index in [0.717, 1.165) is 10.3 Å². The summed E-state index contributed by atoms with van der Waals surface area (Å²) in [6.45, 7) is 5.61. The molecule has 2 heteroatoms. The Labute approximate surface area is 50.1 Å². The second-order valence-corrected chi connectivity index (χ2v) is 1.70. The molecule has 0 nitrogen and oxygen atoms in total. The van der Waals surface area contributed by atoms with Crippen molar-refractivity contribution < 1.29 is 0 Å². The Bertz CT molecular complexity index is 237. The molecule has 0 N–H and O–H groups in total. The first-order valence-corrected chi connectivity index (χ1v) is 2.47. The molecule has 35 valence electrons. The summed E-state index contributed by atoms with van der Waals surface area (Å²) in [5, 5.41) is 1.65. The molecule has 1 aromatic rings. The summed E-state index contributed by atoms with van der Waals surface area (Å²) in [5.74, 6) is 3.78. The molecule has 0 saturated carbocycles. The molecule has 1 radical (unpaired) electrons. The van der Waals surface area contributed by atoms with E-state index >= 15 is 0 Å². The van der Waals surface area contributed by atoms with Crippen LogP contribution in [-0.4, -0.2) is 14.4 Å². The van der Waals surface area contributed by atoms with Crippen molar-refractivity contribution in [1.82, 2.24) is 0 Å². The molecule has 0 unspecified atom stereocenters. The van der Waals surface area contributed by atoms with Crippen LogP contribution in [0.3, 0.4) is 0 Å². The Hall–Kier alpha value is -0.650. The fourth-order valence-corrected chi connectivity index (χ4v) is 0.534. The van der Waals surface area contributed by atoms with E-state index in [0.29, 0.717) is 0 Å². The molecule has 0 aromatic carbocycles. The zero-order valence-electron chi connectivity index (χ0n) is 4.59. The van der Waals surface area contributed by atoms with Crippen molar-refractivity contribution in [3.05, 3.63) is 28.3 Å². The minimum atomic E-state index is 0.757. The average molecular weight is 98.7 g/mol. The van der Waals surface area contributed by atoms with Crippen LogP contribution in [0.1, 0.15) is 0 Å². The first-order chi connectivity index (χ1) is 3.80. The van der Waals surface area contributed by atoms with E-state index in [2.05, 4.69) is 6.58 Å². The van der Waals surface area contributed by atoms with Crippen LogP contribution in [0.15, 0.2) is 18.0 Å². The molecule has 1 heterocycles. The average Bonchev–Trinajstić information content (AvgIpc) is 1.77. The molecule has 0 fully saturated rings. The summed E-state index contributed by atoms with van der Waals surface area (Å²) >= 11 is 0. The van der Waals surface area contributed by atoms with Gasteiger partial charge in [-0.3, -0.25) is 0 Å². The van der Waals surface area contributed by atoms with Crippen LogP contribution in [0.4, 0.5) is 0 Å². The van der Waals surface area contributed by atoms with Crippen molar-refractivity contribution in [2.75, 3.05) is 0 Å². The second kappa shape index (κ2) is 2.08. The molecule has 0 aliphatic heterocycles. The molecule has 8 heavy (non-hydrogen) atoms. The van der Waals surface area contributed by atoms with Crippen LogP contribution in [-0.2, 0) is 0 Å². The fourth-order valence-electron chi connectivity index (χ4n) is 0.534. The fraction of sp³-hybridized carbons (Fsp3) is 0. The Morgan fingerprint density at radius 2 is 2.38 bits per heavy atom. The van der Waals surface area contributed by atoms with Crippen LogP contribution >= 0.6 is 0 Å². The van der Waals surface area contributed by atoms with Gasteiger partial charge in [0, 0.05) is 0 Å². The van der Waals surface area contributed by atoms with Gasteiger partial charge in [0.15, 0.2) is 0 Å². The van der Waals surface area contributed by atoms with Crippen molar-refractivity contribution in [2.24, 2.45) is 0 Å². The molecule has 0 saturated heterocycles. The quantitative estimate of drug-likeness (QED) is 0.396. The Kier molecular flexibility index (Phi) is 1.43. The number of rotatable bonds is 0. The third-order valence-electron chi connectivity index (χ3n) is 1.06. The summed E-state index contributed by atoms with van der Waals surface area (Å²) < 4.78 is 0. The minimum absolute atomic E-state index is 0.757. The monoisotopic (exact) mass is 99.1 g/mol. The van der Waals surface area contributed by atoms with Crippen LogP contribution < -0.4 is 5.22 Å². The van der Waals surface area contributed by atoms with Gasteiger partial charge in [-0.2, -0.15) is 0 Å². The van der Waals surface area contributed by atoms with E-state index in [9.17, 15) is 0 Å². The molecule has 0 aliphatic rings. The maximum atomic E-state index is 5.46. The summed E-state index contributed by atoms with van der Waals surface area (Å²) in [4.78, 5) is 0. The van der Waals surface area contributed by atoms with E-state index in [4.69, 9.17) is 7.49 Å². The van der Waals surface area contributed by atoms with E-state index in [1.54, 1.807) is 0 Å². The molecule has 1 rings (SSSR count). The topological polar surface area (TPSA) is 0 Å². The van der Waals surface area contributed by atoms with E-state index < -0.39 is 0 Å². The van der Waals surface area contributed by atoms with Crippen LogP contribution in [0.5, 0.6) is 0 Å². The zero-order valence-corrected chi connectivity index (χ0v) is 4.59. The molecule has 0 atom stereocenters. The van der Waals surface area contributed by atoms with E-state index in [1.165, 1.54) is 0 Å². The molecule has 0 bridgehead atoms. The summed E-state index contributed by atoms with van der Waals surface area (Å²) in [6.07, 6.45) is 0. The van der Waals surface area contributed by atoms with E-state index in [1.807, 2.05) is 24.9 Å². The third kappa shape index (κ3) is 0.945. The normalized spacial score (nSPS) is 8.38. The predicted octanol–water partition coefficient (Wildman–Crippen LogP) is -0.146. The number of hydrogen-bond donors (Lipinski definition) is 0. The predicted molar refractivity (Wildman–Crippen MR) is 37.5 cm³/mol. The maximum absolute atomic E-state index is 5.46. The van der Waals surface area contributed by atoms with Crippen LogP contribution in [0.2, 0.25) is 0 Å². The Balaban J connectivity index is 3.59. The second-order valence-electron chi connectivity index (χ2n) is 1.70. The summed E-state index contributed by atoms with van der Waals surface area (Å²) in [5.41, 5.74) is 0. The van der Waals surface area contributed by atoms with Crippen LogP contribution in [0.25, 0.3) is 6.58 Å². The molecule has 0 aliphatic carbocycles. The van der Waals surface area contributed by atoms with Crippen molar-refractivity contribution in [1.29, 1.82) is 0 Å². The summed E-state index contributed by atoms with van der Waals surface area (Å²) in [7, 11) is 5.46. The van der Waals surface area contributed by atoms with Gasteiger partial charge in [0.2, 0.25) is 0 Å². The number of hydrogen-bond acceptors (Lipinski definition) is 0. The summed E-state index contributed by atoms with van der Waals surface area (Å²) in [6, 6.07) is 1.84. The molecular weight excluding hydrogens is 93.7 g/mol. The van der Waals surface area contributed by atoms with Gasteiger partial charge in [0.1, 0.15) is 0 Å². The van der Waals surface area contributed by atoms with Gasteiger partial charge in [-0.05, 0) is 0 Å². The van der Waals surface area contributed by atoms with Crippen molar-refractivity contribution in [3.63, 3.8) is 0 Å². The van der Waals surface area contributed by atoms with E-state index in [-0.39, 0.29) is 0 Å². The van der Waals surface area contributed by atoms with Gasteiger partial charge in [0.25, 0.3) is 0 Å². The molecule has 1 aromatic heterocycles. The zero-order chi connectivity index (χ0) is 5.98. The SMILES string of the molecule is [B]=c1ccbcc1=C.